The highest BCUT2D eigenvalue weighted by atomic mass is 32.2. The lowest BCUT2D eigenvalue weighted by Crippen LogP contribution is -2.26. The van der Waals surface area contributed by atoms with Crippen molar-refractivity contribution in [2.24, 2.45) is 0 Å². The Morgan fingerprint density at radius 1 is 1.28 bits per heavy atom. The molecule has 1 heterocycles. The largest absolute Gasteiger partial charge is 0.534 e. The van der Waals surface area contributed by atoms with Crippen LogP contribution in [0.5, 0.6) is 0 Å². The Morgan fingerprint density at radius 2 is 1.96 bits per heavy atom. The Kier molecular flexibility index (Phi) is 7.94. The third kappa shape index (κ3) is 6.35. The number of hydrogen-bond acceptors (Lipinski definition) is 6. The number of halogens is 3. The highest BCUT2D eigenvalue weighted by Gasteiger charge is 2.49. The summed E-state index contributed by atoms with van der Waals surface area (Å²) in [6, 6.07) is 3.39. The van der Waals surface area contributed by atoms with Gasteiger partial charge in [-0.3, -0.25) is 0 Å². The molecule has 1 aromatic rings. The van der Waals surface area contributed by atoms with Gasteiger partial charge in [0.1, 0.15) is 5.76 Å². The van der Waals surface area contributed by atoms with Crippen molar-refractivity contribution in [1.82, 2.24) is 0 Å². The molecule has 0 aromatic carbocycles. The van der Waals surface area contributed by atoms with Crippen LogP contribution in [-0.4, -0.2) is 26.5 Å². The lowest BCUT2D eigenvalue weighted by Gasteiger charge is -2.16. The van der Waals surface area contributed by atoms with Crippen LogP contribution in [-0.2, 0) is 30.3 Å². The maximum absolute atomic E-state index is 12.7. The van der Waals surface area contributed by atoms with Crippen LogP contribution < -0.4 is 0 Å². The van der Waals surface area contributed by atoms with Crippen molar-refractivity contribution in [2.45, 2.75) is 45.0 Å². The summed E-state index contributed by atoms with van der Waals surface area (Å²) in [5, 5.41) is 1.73. The molecule has 0 aliphatic rings. The van der Waals surface area contributed by atoms with Crippen LogP contribution in [0, 0.1) is 0 Å². The average molecular weight is 400 g/mol. The van der Waals surface area contributed by atoms with Crippen molar-refractivity contribution in [2.75, 3.05) is 6.61 Å². The van der Waals surface area contributed by atoms with Crippen molar-refractivity contribution >= 4 is 27.4 Å². The topological polar surface area (TPSA) is 69.7 Å². The standard InChI is InChI=1S/C15H19F3O5S2/c1-3-5-8-13(23-25(20,21)15(16,17)18)12(14(19)22-4-2)10-11-7-6-9-24-11/h6-7,9H,3-5,8,10H2,1-2H3/b13-12-. The fourth-order valence-electron chi connectivity index (χ4n) is 1.85. The monoisotopic (exact) mass is 400 g/mol. The molecule has 1 rings (SSSR count). The van der Waals surface area contributed by atoms with Crippen LogP contribution >= 0.6 is 11.3 Å². The second kappa shape index (κ2) is 9.23. The van der Waals surface area contributed by atoms with Gasteiger partial charge in [-0.05, 0) is 24.8 Å². The molecule has 0 unspecified atom stereocenters. The lowest BCUT2D eigenvalue weighted by molar-refractivity contribution is -0.138. The van der Waals surface area contributed by atoms with Gasteiger partial charge < -0.3 is 8.92 Å². The van der Waals surface area contributed by atoms with Gasteiger partial charge in [0, 0.05) is 17.7 Å². The summed E-state index contributed by atoms with van der Waals surface area (Å²) in [6.07, 6.45) is 0.748. The SMILES string of the molecule is CCCC/C(OS(=O)(=O)C(F)(F)F)=C(\Cc1cccs1)C(=O)OCC. The smallest absolute Gasteiger partial charge is 0.463 e. The van der Waals surface area contributed by atoms with Gasteiger partial charge in [-0.25, -0.2) is 4.79 Å². The number of carbonyl (C=O) groups is 1. The summed E-state index contributed by atoms with van der Waals surface area (Å²) in [5.74, 6) is -1.41. The summed E-state index contributed by atoms with van der Waals surface area (Å²) in [4.78, 5) is 12.8. The molecular weight excluding hydrogens is 381 g/mol. The Hall–Kier alpha value is -1.55. The first-order valence-electron chi connectivity index (χ1n) is 7.54. The van der Waals surface area contributed by atoms with Gasteiger partial charge in [0.2, 0.25) is 0 Å². The Morgan fingerprint density at radius 3 is 2.44 bits per heavy atom. The first kappa shape index (κ1) is 21.5. The van der Waals surface area contributed by atoms with Crippen molar-refractivity contribution < 1.29 is 35.3 Å². The highest BCUT2D eigenvalue weighted by molar-refractivity contribution is 7.87. The fraction of sp³-hybridized carbons (Fsp3) is 0.533. The molecule has 0 aliphatic carbocycles. The first-order chi connectivity index (χ1) is 11.6. The first-order valence-corrected chi connectivity index (χ1v) is 9.83. The molecule has 142 valence electrons. The van der Waals surface area contributed by atoms with Gasteiger partial charge in [-0.2, -0.15) is 21.6 Å². The van der Waals surface area contributed by atoms with Gasteiger partial charge in [-0.1, -0.05) is 19.4 Å². The summed E-state index contributed by atoms with van der Waals surface area (Å²) < 4.78 is 69.9. The minimum absolute atomic E-state index is 0.000146. The average Bonchev–Trinajstić information content (AvgIpc) is 3.01. The number of allylic oxidation sites excluding steroid dienone is 1. The van der Waals surface area contributed by atoms with Crippen molar-refractivity contribution in [1.29, 1.82) is 0 Å². The van der Waals surface area contributed by atoms with Gasteiger partial charge in [0.05, 0.1) is 12.2 Å². The summed E-state index contributed by atoms with van der Waals surface area (Å²) in [5.41, 5.74) is -5.79. The molecule has 25 heavy (non-hydrogen) atoms. The summed E-state index contributed by atoms with van der Waals surface area (Å²) in [7, 11) is -5.86. The molecule has 5 nitrogen and oxygen atoms in total. The normalized spacial score (nSPS) is 13.3. The van der Waals surface area contributed by atoms with Crippen molar-refractivity contribution in [3.8, 4) is 0 Å². The van der Waals surface area contributed by atoms with E-state index in [1.807, 2.05) is 0 Å². The molecule has 0 radical (unpaired) electrons. The van der Waals surface area contributed by atoms with E-state index in [0.717, 1.165) is 0 Å². The summed E-state index contributed by atoms with van der Waals surface area (Å²) >= 11 is 1.28. The molecule has 0 bridgehead atoms. The number of carbonyl (C=O) groups excluding carboxylic acids is 1. The number of rotatable bonds is 9. The molecule has 0 spiro atoms. The molecule has 0 amide bonds. The molecule has 10 heteroatoms. The van der Waals surface area contributed by atoms with Crippen LogP contribution in [0.1, 0.15) is 38.0 Å². The van der Waals surface area contributed by atoms with E-state index in [-0.39, 0.29) is 25.0 Å². The van der Waals surface area contributed by atoms with Crippen LogP contribution in [0.2, 0.25) is 0 Å². The molecular formula is C15H19F3O5S2. The molecule has 1 aromatic heterocycles. The van der Waals surface area contributed by atoms with Gasteiger partial charge in [-0.15, -0.1) is 11.3 Å². The molecule has 0 saturated heterocycles. The maximum Gasteiger partial charge on any atom is 0.534 e. The Bertz CT molecular complexity index is 691. The third-order valence-corrected chi connectivity index (χ3v) is 4.90. The van der Waals surface area contributed by atoms with E-state index in [1.165, 1.54) is 11.3 Å². The van der Waals surface area contributed by atoms with E-state index < -0.39 is 27.4 Å². The number of ether oxygens (including phenoxy) is 1. The van der Waals surface area contributed by atoms with Crippen molar-refractivity contribution in [3.05, 3.63) is 33.7 Å². The van der Waals surface area contributed by atoms with Gasteiger partial charge >= 0.3 is 21.6 Å². The minimum atomic E-state index is -5.86. The Labute approximate surface area is 148 Å². The Balaban J connectivity index is 3.33. The van der Waals surface area contributed by atoms with Crippen LogP contribution in [0.4, 0.5) is 13.2 Å². The van der Waals surface area contributed by atoms with Crippen molar-refractivity contribution in [3.63, 3.8) is 0 Å². The zero-order valence-corrected chi connectivity index (χ0v) is 15.4. The molecule has 0 atom stereocenters. The van der Waals surface area contributed by atoms with Crippen LogP contribution in [0.15, 0.2) is 28.8 Å². The van der Waals surface area contributed by atoms with Gasteiger partial charge in [0.15, 0.2) is 0 Å². The number of esters is 1. The molecule has 0 N–H and O–H groups in total. The minimum Gasteiger partial charge on any atom is -0.463 e. The van der Waals surface area contributed by atoms with Crippen LogP contribution in [0.3, 0.4) is 0 Å². The zero-order chi connectivity index (χ0) is 19.1. The predicted molar refractivity (Wildman–Crippen MR) is 87.3 cm³/mol. The van der Waals surface area contributed by atoms with Gasteiger partial charge in [0.25, 0.3) is 0 Å². The second-order valence-corrected chi connectivity index (χ2v) is 7.54. The number of alkyl halides is 3. The summed E-state index contributed by atoms with van der Waals surface area (Å²) in [6.45, 7) is 3.32. The number of unbranched alkanes of at least 4 members (excludes halogenated alkanes) is 1. The maximum atomic E-state index is 12.7. The highest BCUT2D eigenvalue weighted by Crippen LogP contribution is 2.30. The van der Waals surface area contributed by atoms with Crippen LogP contribution in [0.25, 0.3) is 0 Å². The molecule has 0 aliphatic heterocycles. The van der Waals surface area contributed by atoms with E-state index in [0.29, 0.717) is 17.7 Å². The number of hydrogen-bond donors (Lipinski definition) is 0. The fourth-order valence-corrected chi connectivity index (χ4v) is 3.11. The van der Waals surface area contributed by atoms with E-state index in [1.54, 1.807) is 31.4 Å². The predicted octanol–water partition coefficient (Wildman–Crippen LogP) is 4.16. The van der Waals surface area contributed by atoms with E-state index in [9.17, 15) is 26.4 Å². The zero-order valence-electron chi connectivity index (χ0n) is 13.8. The quantitative estimate of drug-likeness (QED) is 0.205. The lowest BCUT2D eigenvalue weighted by atomic mass is 10.1. The molecule has 0 fully saturated rings. The van der Waals surface area contributed by atoms with E-state index >= 15 is 0 Å². The van der Waals surface area contributed by atoms with E-state index in [2.05, 4.69) is 4.18 Å². The number of thiophene rings is 1. The third-order valence-electron chi connectivity index (χ3n) is 3.04. The van der Waals surface area contributed by atoms with E-state index in [4.69, 9.17) is 4.74 Å². The molecule has 0 saturated carbocycles. The second-order valence-electron chi connectivity index (χ2n) is 4.97.